The van der Waals surface area contributed by atoms with Crippen molar-refractivity contribution in [3.8, 4) is 11.8 Å². The third-order valence-electron chi connectivity index (χ3n) is 0.993. The Balaban J connectivity index is 2.49. The maximum absolute atomic E-state index is 5.24. The van der Waals surface area contributed by atoms with E-state index in [1.54, 1.807) is 6.20 Å². The van der Waals surface area contributed by atoms with E-state index in [1.807, 2.05) is 6.07 Å². The Kier molecular flexibility index (Phi) is 2.53. The first-order valence-electron chi connectivity index (χ1n) is 3.12. The Morgan fingerprint density at radius 1 is 1.70 bits per heavy atom. The smallest absolute Gasteiger partial charge is 0.107 e. The summed E-state index contributed by atoms with van der Waals surface area (Å²) in [6.45, 7) is 0.612. The highest BCUT2D eigenvalue weighted by atomic mass is 15.1. The molecule has 0 bridgehead atoms. The summed E-state index contributed by atoms with van der Waals surface area (Å²) in [5.41, 5.74) is 6.08. The molecule has 0 spiro atoms. The summed E-state index contributed by atoms with van der Waals surface area (Å²) in [7, 11) is 0. The molecule has 0 saturated heterocycles. The molecule has 3 heteroatoms. The monoisotopic (exact) mass is 135 g/mol. The Bertz CT molecular complexity index is 227. The fourth-order valence-corrected chi connectivity index (χ4v) is 0.555. The molecule has 0 aliphatic carbocycles. The average Bonchev–Trinajstić information content (AvgIpc) is 2.41. The van der Waals surface area contributed by atoms with E-state index in [-0.39, 0.29) is 0 Å². The molecule has 52 valence electrons. The van der Waals surface area contributed by atoms with Crippen molar-refractivity contribution in [2.75, 3.05) is 6.54 Å². The predicted molar refractivity (Wildman–Crippen MR) is 39.1 cm³/mol. The van der Waals surface area contributed by atoms with E-state index < -0.39 is 0 Å². The summed E-state index contributed by atoms with van der Waals surface area (Å²) in [6, 6.07) is 1.82. The van der Waals surface area contributed by atoms with Crippen molar-refractivity contribution in [1.82, 2.24) is 10.2 Å². The quantitative estimate of drug-likeness (QED) is 0.537. The van der Waals surface area contributed by atoms with Crippen molar-refractivity contribution >= 4 is 0 Å². The van der Waals surface area contributed by atoms with Gasteiger partial charge in [-0.25, -0.2) is 0 Å². The van der Waals surface area contributed by atoms with Gasteiger partial charge in [0.25, 0.3) is 0 Å². The third kappa shape index (κ3) is 1.92. The van der Waals surface area contributed by atoms with Crippen molar-refractivity contribution in [1.29, 1.82) is 0 Å². The predicted octanol–water partition coefficient (Wildman–Crippen LogP) is 0.110. The number of aromatic amines is 1. The Labute approximate surface area is 59.6 Å². The van der Waals surface area contributed by atoms with Gasteiger partial charge >= 0.3 is 0 Å². The first kappa shape index (κ1) is 6.84. The molecule has 0 aliphatic heterocycles. The van der Waals surface area contributed by atoms with Crippen LogP contribution in [0.5, 0.6) is 0 Å². The third-order valence-corrected chi connectivity index (χ3v) is 0.993. The van der Waals surface area contributed by atoms with Gasteiger partial charge in [0.2, 0.25) is 0 Å². The number of rotatable bonds is 1. The summed E-state index contributed by atoms with van der Waals surface area (Å²) >= 11 is 0. The van der Waals surface area contributed by atoms with E-state index in [0.29, 0.717) is 6.54 Å². The number of hydrogen-bond donors (Lipinski definition) is 2. The van der Waals surface area contributed by atoms with E-state index in [0.717, 1.165) is 12.1 Å². The number of nitrogens with zero attached hydrogens (tertiary/aromatic N) is 1. The van der Waals surface area contributed by atoms with Crippen molar-refractivity contribution in [3.63, 3.8) is 0 Å². The zero-order chi connectivity index (χ0) is 7.23. The standard InChI is InChI=1S/C7H9N3/c8-5-2-1-3-7-4-6-9-10-7/h4,6H,2,5,8H2,(H,9,10). The molecule has 0 saturated carbocycles. The number of H-pyrrole nitrogens is 1. The minimum atomic E-state index is 0.612. The van der Waals surface area contributed by atoms with Crippen LogP contribution in [0.15, 0.2) is 12.3 Å². The highest BCUT2D eigenvalue weighted by molar-refractivity contribution is 5.25. The van der Waals surface area contributed by atoms with Crippen LogP contribution in [0.25, 0.3) is 0 Å². The number of nitrogens with one attached hydrogen (secondary N) is 1. The molecule has 1 aromatic rings. The lowest BCUT2D eigenvalue weighted by Gasteiger charge is -1.78. The Morgan fingerprint density at radius 3 is 3.20 bits per heavy atom. The van der Waals surface area contributed by atoms with Crippen LogP contribution in [0, 0.1) is 11.8 Å². The maximum atomic E-state index is 5.24. The molecule has 1 heterocycles. The summed E-state index contributed by atoms with van der Waals surface area (Å²) in [5, 5.41) is 6.47. The molecule has 1 rings (SSSR count). The van der Waals surface area contributed by atoms with Gasteiger partial charge in [-0.15, -0.1) is 0 Å². The summed E-state index contributed by atoms with van der Waals surface area (Å²) in [4.78, 5) is 0. The molecule has 0 fully saturated rings. The maximum Gasteiger partial charge on any atom is 0.107 e. The molecule has 0 unspecified atom stereocenters. The topological polar surface area (TPSA) is 54.7 Å². The van der Waals surface area contributed by atoms with Crippen molar-refractivity contribution < 1.29 is 0 Å². The van der Waals surface area contributed by atoms with Gasteiger partial charge in [-0.1, -0.05) is 5.92 Å². The second-order valence-electron chi connectivity index (χ2n) is 1.81. The van der Waals surface area contributed by atoms with E-state index in [2.05, 4.69) is 22.0 Å². The second-order valence-corrected chi connectivity index (χ2v) is 1.81. The van der Waals surface area contributed by atoms with Gasteiger partial charge in [0, 0.05) is 19.2 Å². The molecule has 3 nitrogen and oxygen atoms in total. The molecule has 3 N–H and O–H groups in total. The van der Waals surface area contributed by atoms with Gasteiger partial charge in [-0.2, -0.15) is 5.10 Å². The highest BCUT2D eigenvalue weighted by Crippen LogP contribution is 1.85. The van der Waals surface area contributed by atoms with Crippen LogP contribution in [-0.4, -0.2) is 16.7 Å². The van der Waals surface area contributed by atoms with Crippen molar-refractivity contribution in [2.45, 2.75) is 6.42 Å². The lowest BCUT2D eigenvalue weighted by Crippen LogP contribution is -1.95. The molecular formula is C7H9N3. The molecule has 10 heavy (non-hydrogen) atoms. The van der Waals surface area contributed by atoms with Gasteiger partial charge in [0.1, 0.15) is 5.69 Å². The van der Waals surface area contributed by atoms with Crippen LogP contribution in [0.1, 0.15) is 12.1 Å². The first-order valence-corrected chi connectivity index (χ1v) is 3.12. The van der Waals surface area contributed by atoms with E-state index in [4.69, 9.17) is 5.73 Å². The van der Waals surface area contributed by atoms with E-state index >= 15 is 0 Å². The summed E-state index contributed by atoms with van der Waals surface area (Å²) < 4.78 is 0. The molecule has 1 aromatic heterocycles. The van der Waals surface area contributed by atoms with Crippen LogP contribution >= 0.6 is 0 Å². The summed E-state index contributed by atoms with van der Waals surface area (Å²) in [5.74, 6) is 5.77. The van der Waals surface area contributed by atoms with Crippen molar-refractivity contribution in [3.05, 3.63) is 18.0 Å². The van der Waals surface area contributed by atoms with Gasteiger partial charge in [-0.05, 0) is 12.0 Å². The van der Waals surface area contributed by atoms with Crippen LogP contribution in [-0.2, 0) is 0 Å². The van der Waals surface area contributed by atoms with Gasteiger partial charge in [-0.3, -0.25) is 5.10 Å². The minimum absolute atomic E-state index is 0.612. The Morgan fingerprint density at radius 2 is 2.60 bits per heavy atom. The minimum Gasteiger partial charge on any atom is -0.330 e. The molecule has 0 aromatic carbocycles. The Hall–Kier alpha value is -1.27. The van der Waals surface area contributed by atoms with Gasteiger partial charge in [0.05, 0.1) is 0 Å². The van der Waals surface area contributed by atoms with Gasteiger partial charge < -0.3 is 5.73 Å². The molecule has 0 amide bonds. The molecule has 0 radical (unpaired) electrons. The zero-order valence-electron chi connectivity index (χ0n) is 5.59. The SMILES string of the molecule is NCCC#Cc1ccn[nH]1. The number of aromatic nitrogens is 2. The first-order chi connectivity index (χ1) is 4.93. The molecule has 0 aliphatic rings. The fraction of sp³-hybridized carbons (Fsp3) is 0.286. The fourth-order valence-electron chi connectivity index (χ4n) is 0.555. The van der Waals surface area contributed by atoms with Crippen LogP contribution in [0.2, 0.25) is 0 Å². The largest absolute Gasteiger partial charge is 0.330 e. The summed E-state index contributed by atoms with van der Waals surface area (Å²) in [6.07, 6.45) is 2.41. The second kappa shape index (κ2) is 3.70. The zero-order valence-corrected chi connectivity index (χ0v) is 5.59. The lowest BCUT2D eigenvalue weighted by atomic mass is 10.4. The van der Waals surface area contributed by atoms with E-state index in [9.17, 15) is 0 Å². The average molecular weight is 135 g/mol. The number of hydrogen-bond acceptors (Lipinski definition) is 2. The van der Waals surface area contributed by atoms with E-state index in [1.165, 1.54) is 0 Å². The van der Waals surface area contributed by atoms with Gasteiger partial charge in [0.15, 0.2) is 0 Å². The van der Waals surface area contributed by atoms with Crippen LogP contribution in [0.3, 0.4) is 0 Å². The van der Waals surface area contributed by atoms with Crippen LogP contribution < -0.4 is 5.73 Å². The molecular weight excluding hydrogens is 126 g/mol. The number of nitrogens with two attached hydrogens (primary N) is 1. The lowest BCUT2D eigenvalue weighted by molar-refractivity contribution is 1.03. The van der Waals surface area contributed by atoms with Crippen LogP contribution in [0.4, 0.5) is 0 Å². The highest BCUT2D eigenvalue weighted by Gasteiger charge is 1.81. The molecule has 0 atom stereocenters. The normalized spacial score (nSPS) is 8.50. The van der Waals surface area contributed by atoms with Crippen molar-refractivity contribution in [2.24, 2.45) is 5.73 Å².